The third-order valence-corrected chi connectivity index (χ3v) is 3.86. The Hall–Kier alpha value is -1.33. The second kappa shape index (κ2) is 6.42. The maximum atomic E-state index is 12.6. The van der Waals surface area contributed by atoms with E-state index in [1.807, 2.05) is 33.8 Å². The molecule has 0 radical (unpaired) electrons. The van der Waals surface area contributed by atoms with E-state index in [1.165, 1.54) is 0 Å². The third kappa shape index (κ3) is 2.79. The second-order valence-corrected chi connectivity index (χ2v) is 6.35. The van der Waals surface area contributed by atoms with E-state index in [9.17, 15) is 9.90 Å². The van der Waals surface area contributed by atoms with Crippen molar-refractivity contribution >= 4 is 5.78 Å². The van der Waals surface area contributed by atoms with E-state index in [-0.39, 0.29) is 29.8 Å². The van der Waals surface area contributed by atoms with E-state index in [4.69, 9.17) is 14.2 Å². The smallest absolute Gasteiger partial charge is 0.244 e. The van der Waals surface area contributed by atoms with E-state index in [0.717, 1.165) is 19.3 Å². The zero-order chi connectivity index (χ0) is 16.5. The minimum absolute atomic E-state index is 0.132. The maximum Gasteiger partial charge on any atom is 0.244 e. The molecule has 0 bridgehead atoms. The number of ketones is 1. The minimum atomic E-state index is -1.74. The highest BCUT2D eigenvalue weighted by atomic mass is 16.6. The van der Waals surface area contributed by atoms with Crippen LogP contribution in [0.25, 0.3) is 0 Å². The normalized spacial score (nSPS) is 28.8. The quantitative estimate of drug-likeness (QED) is 0.764. The van der Waals surface area contributed by atoms with Crippen molar-refractivity contribution in [2.45, 2.75) is 70.9 Å². The molecule has 2 aliphatic carbocycles. The number of hydrogen-bond acceptors (Lipinski definition) is 5. The molecule has 1 N–H and O–H groups in total. The number of hydrogen-bond donors (Lipinski definition) is 1. The first-order valence-corrected chi connectivity index (χ1v) is 7.90. The van der Waals surface area contributed by atoms with Gasteiger partial charge in [-0.1, -0.05) is 6.08 Å². The van der Waals surface area contributed by atoms with Crippen molar-refractivity contribution in [2.75, 3.05) is 7.11 Å². The molecule has 0 saturated heterocycles. The highest BCUT2D eigenvalue weighted by Gasteiger charge is 2.61. The van der Waals surface area contributed by atoms with Gasteiger partial charge in [0.05, 0.1) is 18.3 Å². The van der Waals surface area contributed by atoms with Crippen molar-refractivity contribution < 1.29 is 24.1 Å². The van der Waals surface area contributed by atoms with Gasteiger partial charge in [0.1, 0.15) is 0 Å². The minimum Gasteiger partial charge on any atom is -0.487 e. The maximum absolute atomic E-state index is 12.6. The average molecular weight is 310 g/mol. The molecule has 2 rings (SSSR count). The molecule has 0 aromatic heterocycles. The molecular weight excluding hydrogens is 284 g/mol. The van der Waals surface area contributed by atoms with Crippen molar-refractivity contribution in [1.82, 2.24) is 0 Å². The van der Waals surface area contributed by atoms with E-state index < -0.39 is 11.4 Å². The summed E-state index contributed by atoms with van der Waals surface area (Å²) in [4.78, 5) is 12.6. The van der Waals surface area contributed by atoms with Crippen LogP contribution in [0.3, 0.4) is 0 Å². The first-order valence-electron chi connectivity index (χ1n) is 7.90. The van der Waals surface area contributed by atoms with E-state index in [2.05, 4.69) is 0 Å². The first kappa shape index (κ1) is 17.0. The summed E-state index contributed by atoms with van der Waals surface area (Å²) >= 11 is 0. The zero-order valence-electron chi connectivity index (χ0n) is 14.0. The van der Waals surface area contributed by atoms with E-state index >= 15 is 0 Å². The van der Waals surface area contributed by atoms with Gasteiger partial charge in [-0.15, -0.1) is 0 Å². The van der Waals surface area contributed by atoms with Gasteiger partial charge in [0.25, 0.3) is 0 Å². The molecule has 0 aliphatic heterocycles. The summed E-state index contributed by atoms with van der Waals surface area (Å²) in [6.45, 7) is 7.38. The Morgan fingerprint density at radius 2 is 1.86 bits per heavy atom. The van der Waals surface area contributed by atoms with Crippen LogP contribution in [0.5, 0.6) is 0 Å². The number of methoxy groups -OCH3 is 1. The van der Waals surface area contributed by atoms with E-state index in [0.29, 0.717) is 5.57 Å². The summed E-state index contributed by atoms with van der Waals surface area (Å²) in [5.41, 5.74) is -1.16. The van der Waals surface area contributed by atoms with Gasteiger partial charge in [-0.2, -0.15) is 0 Å². The number of aliphatic hydroxyl groups is 1. The average Bonchev–Trinajstić information content (AvgIpc) is 2.49. The Morgan fingerprint density at radius 3 is 2.41 bits per heavy atom. The monoisotopic (exact) mass is 310 g/mol. The van der Waals surface area contributed by atoms with Crippen LogP contribution < -0.4 is 0 Å². The number of Topliss-reactive ketones (excluding diaryl/α,β-unsaturated/α-hetero) is 1. The van der Waals surface area contributed by atoms with Crippen molar-refractivity contribution in [2.24, 2.45) is 0 Å². The zero-order valence-corrected chi connectivity index (χ0v) is 14.0. The van der Waals surface area contributed by atoms with Crippen LogP contribution in [0.4, 0.5) is 0 Å². The first-order chi connectivity index (χ1) is 10.3. The van der Waals surface area contributed by atoms with E-state index in [1.54, 1.807) is 7.11 Å². The molecule has 0 spiro atoms. The Balaban J connectivity index is 2.41. The lowest BCUT2D eigenvalue weighted by atomic mass is 9.72. The molecule has 2 aliphatic rings. The second-order valence-electron chi connectivity index (χ2n) is 6.35. The van der Waals surface area contributed by atoms with Crippen molar-refractivity contribution in [3.8, 4) is 0 Å². The Bertz CT molecular complexity index is 503. The van der Waals surface area contributed by atoms with Crippen molar-refractivity contribution in [3.63, 3.8) is 0 Å². The van der Waals surface area contributed by atoms with Crippen molar-refractivity contribution in [1.29, 1.82) is 0 Å². The van der Waals surface area contributed by atoms with Gasteiger partial charge in [0.2, 0.25) is 17.1 Å². The fraction of sp³-hybridized carbons (Fsp3) is 0.706. The van der Waals surface area contributed by atoms with Crippen LogP contribution in [-0.4, -0.2) is 41.9 Å². The SMILES string of the molecule is CO[C@H]1CCCC=C1[C@]1(O)C(=O)C(OC(C)C)=C1OC(C)C. The molecule has 124 valence electrons. The summed E-state index contributed by atoms with van der Waals surface area (Å²) in [6.07, 6.45) is 3.89. The number of allylic oxidation sites excluding steroid dienone is 1. The molecule has 0 amide bonds. The summed E-state index contributed by atoms with van der Waals surface area (Å²) < 4.78 is 16.7. The Labute approximate surface area is 131 Å². The molecule has 5 nitrogen and oxygen atoms in total. The molecule has 0 aromatic rings. The molecule has 0 aromatic carbocycles. The molecular formula is C17H26O5. The fourth-order valence-corrected chi connectivity index (χ4v) is 2.93. The van der Waals surface area contributed by atoms with Gasteiger partial charge in [0.15, 0.2) is 5.76 Å². The van der Waals surface area contributed by atoms with Crippen LogP contribution in [0.1, 0.15) is 47.0 Å². The summed E-state index contributed by atoms with van der Waals surface area (Å²) in [6, 6.07) is 0. The number of ether oxygens (including phenoxy) is 3. The number of carbonyl (C=O) groups excluding carboxylic acids is 1. The summed E-state index contributed by atoms with van der Waals surface area (Å²) in [5.74, 6) is -0.0871. The predicted octanol–water partition coefficient (Wildman–Crippen LogP) is 2.49. The van der Waals surface area contributed by atoms with Gasteiger partial charge >= 0.3 is 0 Å². The van der Waals surface area contributed by atoms with Gasteiger partial charge in [-0.05, 0) is 47.0 Å². The lowest BCUT2D eigenvalue weighted by Gasteiger charge is -2.43. The Morgan fingerprint density at radius 1 is 1.23 bits per heavy atom. The van der Waals surface area contributed by atoms with Gasteiger partial charge in [-0.3, -0.25) is 4.79 Å². The van der Waals surface area contributed by atoms with Crippen LogP contribution in [-0.2, 0) is 19.0 Å². The molecule has 0 heterocycles. The standard InChI is InChI=1S/C17H26O5/c1-10(2)21-14-15(18)17(19,16(14)22-11(3)4)12-8-6-7-9-13(12)20-5/h8,10-11,13,19H,6-7,9H2,1-5H3/t13-,17-/m0/s1. The lowest BCUT2D eigenvalue weighted by molar-refractivity contribution is -0.147. The summed E-state index contributed by atoms with van der Waals surface area (Å²) in [5, 5.41) is 11.0. The Kier molecular flexibility index (Phi) is 4.97. The molecule has 0 saturated carbocycles. The van der Waals surface area contributed by atoms with Gasteiger partial charge in [0, 0.05) is 12.7 Å². The number of carbonyl (C=O) groups is 1. The topological polar surface area (TPSA) is 65.0 Å². The fourth-order valence-electron chi connectivity index (χ4n) is 2.93. The largest absolute Gasteiger partial charge is 0.487 e. The molecule has 5 heteroatoms. The van der Waals surface area contributed by atoms with Crippen LogP contribution >= 0.6 is 0 Å². The highest BCUT2D eigenvalue weighted by molar-refractivity contribution is 6.12. The van der Waals surface area contributed by atoms with Gasteiger partial charge < -0.3 is 19.3 Å². The molecule has 0 unspecified atom stereocenters. The summed E-state index contributed by atoms with van der Waals surface area (Å²) in [7, 11) is 1.59. The molecule has 0 fully saturated rings. The third-order valence-electron chi connectivity index (χ3n) is 3.86. The van der Waals surface area contributed by atoms with Crippen molar-refractivity contribution in [3.05, 3.63) is 23.2 Å². The van der Waals surface area contributed by atoms with Gasteiger partial charge in [-0.25, -0.2) is 0 Å². The molecule has 22 heavy (non-hydrogen) atoms. The van der Waals surface area contributed by atoms with Crippen LogP contribution in [0.2, 0.25) is 0 Å². The lowest BCUT2D eigenvalue weighted by Crippen LogP contribution is -2.57. The van der Waals surface area contributed by atoms with Crippen LogP contribution in [0.15, 0.2) is 23.2 Å². The molecule has 2 atom stereocenters. The highest BCUT2D eigenvalue weighted by Crippen LogP contribution is 2.46. The number of rotatable bonds is 6. The predicted molar refractivity (Wildman–Crippen MR) is 82.2 cm³/mol. The van der Waals surface area contributed by atoms with Crippen LogP contribution in [0, 0.1) is 0 Å².